The fourth-order valence-electron chi connectivity index (χ4n) is 3.39. The van der Waals surface area contributed by atoms with Crippen LogP contribution in [0.2, 0.25) is 0 Å². The van der Waals surface area contributed by atoms with Crippen molar-refractivity contribution in [3.8, 4) is 11.5 Å². The highest BCUT2D eigenvalue weighted by molar-refractivity contribution is 7.97. The number of benzene rings is 3. The van der Waals surface area contributed by atoms with Gasteiger partial charge < -0.3 is 9.47 Å². The third-order valence-electron chi connectivity index (χ3n) is 5.13. The van der Waals surface area contributed by atoms with E-state index in [2.05, 4.69) is 92.7 Å². The van der Waals surface area contributed by atoms with E-state index in [1.54, 1.807) is 0 Å². The second-order valence-corrected chi connectivity index (χ2v) is 9.70. The van der Waals surface area contributed by atoms with Gasteiger partial charge in [-0.3, -0.25) is 0 Å². The summed E-state index contributed by atoms with van der Waals surface area (Å²) < 4.78 is 11.8. The van der Waals surface area contributed by atoms with E-state index < -0.39 is 0 Å². The molecular formula is C28H35O2S+. The molecule has 3 heteroatoms. The van der Waals surface area contributed by atoms with Crippen LogP contribution in [0.4, 0.5) is 0 Å². The van der Waals surface area contributed by atoms with Crippen molar-refractivity contribution in [3.05, 3.63) is 78.9 Å². The second kappa shape index (κ2) is 13.1. The highest BCUT2D eigenvalue weighted by Gasteiger charge is 2.28. The zero-order valence-electron chi connectivity index (χ0n) is 18.9. The van der Waals surface area contributed by atoms with E-state index in [0.29, 0.717) is 0 Å². The summed E-state index contributed by atoms with van der Waals surface area (Å²) in [4.78, 5) is 3.91. The van der Waals surface area contributed by atoms with E-state index in [1.807, 2.05) is 0 Å². The van der Waals surface area contributed by atoms with Crippen LogP contribution in [0, 0.1) is 0 Å². The summed E-state index contributed by atoms with van der Waals surface area (Å²) in [6, 6.07) is 28.0. The van der Waals surface area contributed by atoms with Crippen molar-refractivity contribution in [2.45, 2.75) is 67.1 Å². The summed E-state index contributed by atoms with van der Waals surface area (Å²) in [7, 11) is -0.160. The molecule has 3 aromatic carbocycles. The quantitative estimate of drug-likeness (QED) is 0.200. The van der Waals surface area contributed by atoms with Gasteiger partial charge in [0, 0.05) is 0 Å². The smallest absolute Gasteiger partial charge is 0.166 e. The van der Waals surface area contributed by atoms with Crippen molar-refractivity contribution in [3.63, 3.8) is 0 Å². The Morgan fingerprint density at radius 3 is 1.35 bits per heavy atom. The number of rotatable bonds is 13. The summed E-state index contributed by atoms with van der Waals surface area (Å²) in [5.74, 6) is 1.90. The maximum atomic E-state index is 5.91. The Morgan fingerprint density at radius 2 is 0.935 bits per heavy atom. The highest BCUT2D eigenvalue weighted by Crippen LogP contribution is 2.33. The van der Waals surface area contributed by atoms with E-state index in [4.69, 9.17) is 9.47 Å². The standard InChI is InChI=1S/C28H35O2S/c1-3-5-10-22-29-24-14-18-27(19-15-24)31(26-12-8-7-9-13-26)28-20-16-25(17-21-28)30-23-11-6-4-2/h7-9,12-21H,3-6,10-11,22-23H2,1-2H3/q+1. The minimum Gasteiger partial charge on any atom is -0.494 e. The molecule has 0 fully saturated rings. The van der Waals surface area contributed by atoms with Crippen molar-refractivity contribution in [2.75, 3.05) is 13.2 Å². The van der Waals surface area contributed by atoms with E-state index in [-0.39, 0.29) is 10.9 Å². The summed E-state index contributed by atoms with van der Waals surface area (Å²) in [6.07, 6.45) is 7.08. The molecular weight excluding hydrogens is 400 g/mol. The lowest BCUT2D eigenvalue weighted by molar-refractivity contribution is 0.306. The maximum absolute atomic E-state index is 5.91. The lowest BCUT2D eigenvalue weighted by Crippen LogP contribution is -2.05. The van der Waals surface area contributed by atoms with E-state index in [1.165, 1.54) is 40.4 Å². The van der Waals surface area contributed by atoms with Crippen molar-refractivity contribution < 1.29 is 9.47 Å². The molecule has 0 spiro atoms. The molecule has 0 aliphatic heterocycles. The molecule has 164 valence electrons. The number of ether oxygens (including phenoxy) is 2. The first-order chi connectivity index (χ1) is 15.3. The molecule has 31 heavy (non-hydrogen) atoms. The summed E-state index contributed by atoms with van der Waals surface area (Å²) in [5.41, 5.74) is 0. The molecule has 0 bridgehead atoms. The monoisotopic (exact) mass is 435 g/mol. The van der Waals surface area contributed by atoms with Gasteiger partial charge in [-0.1, -0.05) is 57.7 Å². The summed E-state index contributed by atoms with van der Waals surface area (Å²) in [6.45, 7) is 6.00. The first-order valence-corrected chi connectivity index (χ1v) is 12.8. The number of hydrogen-bond acceptors (Lipinski definition) is 2. The van der Waals surface area contributed by atoms with Crippen molar-refractivity contribution in [2.24, 2.45) is 0 Å². The van der Waals surface area contributed by atoms with Crippen LogP contribution in [-0.2, 0) is 10.9 Å². The first kappa shape index (κ1) is 23.3. The molecule has 3 aromatic rings. The van der Waals surface area contributed by atoms with Gasteiger partial charge in [-0.15, -0.1) is 0 Å². The SMILES string of the molecule is CCCCCOc1ccc([S+](c2ccccc2)c2ccc(OCCCCC)cc2)cc1. The van der Waals surface area contributed by atoms with E-state index >= 15 is 0 Å². The molecule has 0 atom stereocenters. The molecule has 0 aliphatic carbocycles. The van der Waals surface area contributed by atoms with Gasteiger partial charge >= 0.3 is 0 Å². The fourth-order valence-corrected chi connectivity index (χ4v) is 5.46. The van der Waals surface area contributed by atoms with E-state index in [0.717, 1.165) is 37.6 Å². The normalized spacial score (nSPS) is 10.9. The third-order valence-corrected chi connectivity index (χ3v) is 7.36. The molecule has 0 heterocycles. The first-order valence-electron chi connectivity index (χ1n) is 11.6. The Kier molecular flexibility index (Phi) is 9.85. The lowest BCUT2D eigenvalue weighted by atomic mass is 10.3. The van der Waals surface area contributed by atoms with Crippen LogP contribution < -0.4 is 9.47 Å². The molecule has 3 rings (SSSR count). The Bertz CT molecular complexity index is 804. The molecule has 2 nitrogen and oxygen atoms in total. The van der Waals surface area contributed by atoms with Gasteiger partial charge in [-0.2, -0.15) is 0 Å². The van der Waals surface area contributed by atoms with Crippen molar-refractivity contribution in [1.82, 2.24) is 0 Å². The molecule has 0 saturated carbocycles. The third kappa shape index (κ3) is 7.36. The van der Waals surface area contributed by atoms with Crippen LogP contribution in [0.3, 0.4) is 0 Å². The van der Waals surface area contributed by atoms with Gasteiger partial charge in [0.1, 0.15) is 11.5 Å². The Labute approximate surface area is 191 Å². The van der Waals surface area contributed by atoms with Crippen LogP contribution >= 0.6 is 0 Å². The maximum Gasteiger partial charge on any atom is 0.166 e. The van der Waals surface area contributed by atoms with Gasteiger partial charge in [0.2, 0.25) is 0 Å². The van der Waals surface area contributed by atoms with Crippen LogP contribution in [0.5, 0.6) is 11.5 Å². The van der Waals surface area contributed by atoms with E-state index in [9.17, 15) is 0 Å². The molecule has 0 saturated heterocycles. The zero-order chi connectivity index (χ0) is 21.7. The number of hydrogen-bond donors (Lipinski definition) is 0. The largest absolute Gasteiger partial charge is 0.494 e. The molecule has 0 aromatic heterocycles. The van der Waals surface area contributed by atoms with Crippen LogP contribution in [0.25, 0.3) is 0 Å². The van der Waals surface area contributed by atoms with Crippen molar-refractivity contribution >= 4 is 10.9 Å². The Balaban J connectivity index is 1.75. The highest BCUT2D eigenvalue weighted by atomic mass is 32.2. The minimum atomic E-state index is -0.160. The topological polar surface area (TPSA) is 18.5 Å². The molecule has 0 radical (unpaired) electrons. The predicted octanol–water partition coefficient (Wildman–Crippen LogP) is 7.92. The fraction of sp³-hybridized carbons (Fsp3) is 0.357. The van der Waals surface area contributed by atoms with Gasteiger partial charge in [-0.05, 0) is 73.5 Å². The summed E-state index contributed by atoms with van der Waals surface area (Å²) in [5, 5.41) is 0. The van der Waals surface area contributed by atoms with Crippen LogP contribution in [0.1, 0.15) is 52.4 Å². The van der Waals surface area contributed by atoms with Gasteiger partial charge in [0.05, 0.1) is 24.1 Å². The second-order valence-electron chi connectivity index (χ2n) is 7.67. The zero-order valence-corrected chi connectivity index (χ0v) is 19.7. The minimum absolute atomic E-state index is 0.160. The Morgan fingerprint density at radius 1 is 0.516 bits per heavy atom. The molecule has 0 N–H and O–H groups in total. The predicted molar refractivity (Wildman–Crippen MR) is 132 cm³/mol. The summed E-state index contributed by atoms with van der Waals surface area (Å²) >= 11 is 0. The van der Waals surface area contributed by atoms with Gasteiger partial charge in [0.15, 0.2) is 14.7 Å². The van der Waals surface area contributed by atoms with Gasteiger partial charge in [-0.25, -0.2) is 0 Å². The molecule has 0 aliphatic rings. The average molecular weight is 436 g/mol. The molecule has 0 amide bonds. The molecule has 0 unspecified atom stereocenters. The van der Waals surface area contributed by atoms with Crippen LogP contribution in [-0.4, -0.2) is 13.2 Å². The number of unbranched alkanes of at least 4 members (excludes halogenated alkanes) is 4. The Hall–Kier alpha value is -2.39. The lowest BCUT2D eigenvalue weighted by Gasteiger charge is -2.11. The van der Waals surface area contributed by atoms with Gasteiger partial charge in [0.25, 0.3) is 0 Å². The van der Waals surface area contributed by atoms with Crippen molar-refractivity contribution in [1.29, 1.82) is 0 Å². The van der Waals surface area contributed by atoms with Crippen LogP contribution in [0.15, 0.2) is 93.5 Å². The average Bonchev–Trinajstić information content (AvgIpc) is 2.82.